The Kier molecular flexibility index (Phi) is 6.13. The summed E-state index contributed by atoms with van der Waals surface area (Å²) in [5.74, 6) is 1.54. The van der Waals surface area contributed by atoms with E-state index in [1.165, 1.54) is 38.9 Å². The van der Waals surface area contributed by atoms with Crippen LogP contribution in [0.2, 0.25) is 0 Å². The van der Waals surface area contributed by atoms with E-state index in [2.05, 4.69) is 51.8 Å². The van der Waals surface area contributed by atoms with E-state index in [1.807, 2.05) is 0 Å². The summed E-state index contributed by atoms with van der Waals surface area (Å²) < 4.78 is 0. The molecule has 1 saturated heterocycles. The van der Waals surface area contributed by atoms with Gasteiger partial charge in [0.2, 0.25) is 0 Å². The fourth-order valence-electron chi connectivity index (χ4n) is 3.06. The van der Waals surface area contributed by atoms with Crippen molar-refractivity contribution in [3.05, 3.63) is 0 Å². The van der Waals surface area contributed by atoms with Gasteiger partial charge in [-0.3, -0.25) is 4.90 Å². The highest BCUT2D eigenvalue weighted by Gasteiger charge is 2.39. The molecule has 1 heterocycles. The molecule has 18 heavy (non-hydrogen) atoms. The van der Waals surface area contributed by atoms with Crippen LogP contribution in [0, 0.1) is 11.8 Å². The van der Waals surface area contributed by atoms with E-state index in [0.29, 0.717) is 11.6 Å². The topological polar surface area (TPSA) is 15.3 Å². The summed E-state index contributed by atoms with van der Waals surface area (Å²) in [7, 11) is 0. The van der Waals surface area contributed by atoms with E-state index in [0.717, 1.165) is 11.8 Å². The molecule has 1 atom stereocenters. The lowest BCUT2D eigenvalue weighted by atomic mass is 9.85. The molecule has 2 heteroatoms. The van der Waals surface area contributed by atoms with Gasteiger partial charge in [0.1, 0.15) is 0 Å². The Morgan fingerprint density at radius 3 is 2.22 bits per heavy atom. The molecule has 1 unspecified atom stereocenters. The first-order valence-electron chi connectivity index (χ1n) is 7.93. The summed E-state index contributed by atoms with van der Waals surface area (Å²) in [5.41, 5.74) is 0.403. The first-order chi connectivity index (χ1) is 8.45. The minimum Gasteiger partial charge on any atom is -0.311 e. The van der Waals surface area contributed by atoms with Crippen molar-refractivity contribution >= 4 is 0 Å². The van der Waals surface area contributed by atoms with Gasteiger partial charge in [0.15, 0.2) is 0 Å². The molecule has 1 fully saturated rings. The van der Waals surface area contributed by atoms with E-state index < -0.39 is 0 Å². The van der Waals surface area contributed by atoms with Crippen LogP contribution < -0.4 is 5.32 Å². The summed E-state index contributed by atoms with van der Waals surface area (Å²) >= 11 is 0. The molecule has 0 aromatic heterocycles. The van der Waals surface area contributed by atoms with Crippen LogP contribution in [0.5, 0.6) is 0 Å². The van der Waals surface area contributed by atoms with Crippen LogP contribution in [0.15, 0.2) is 0 Å². The van der Waals surface area contributed by atoms with Gasteiger partial charge >= 0.3 is 0 Å². The van der Waals surface area contributed by atoms with Crippen molar-refractivity contribution in [3.63, 3.8) is 0 Å². The zero-order valence-corrected chi connectivity index (χ0v) is 13.4. The Bertz CT molecular complexity index is 231. The first-order valence-corrected chi connectivity index (χ1v) is 7.93. The Labute approximate surface area is 115 Å². The molecule has 0 saturated carbocycles. The number of hydrogen-bond acceptors (Lipinski definition) is 2. The molecule has 2 nitrogen and oxygen atoms in total. The van der Waals surface area contributed by atoms with Gasteiger partial charge in [0, 0.05) is 24.7 Å². The summed E-state index contributed by atoms with van der Waals surface area (Å²) in [4.78, 5) is 2.79. The maximum Gasteiger partial charge on any atom is 0.0329 e. The third kappa shape index (κ3) is 3.71. The maximum atomic E-state index is 3.79. The van der Waals surface area contributed by atoms with Crippen molar-refractivity contribution in [1.29, 1.82) is 0 Å². The van der Waals surface area contributed by atoms with Crippen LogP contribution in [0.4, 0.5) is 0 Å². The van der Waals surface area contributed by atoms with Crippen LogP contribution in [0.1, 0.15) is 60.8 Å². The highest BCUT2D eigenvalue weighted by atomic mass is 15.3. The molecule has 0 spiro atoms. The normalized spacial score (nSPS) is 25.0. The van der Waals surface area contributed by atoms with Crippen LogP contribution in [0.25, 0.3) is 0 Å². The highest BCUT2D eigenvalue weighted by Crippen LogP contribution is 2.29. The maximum absolute atomic E-state index is 3.79. The van der Waals surface area contributed by atoms with Crippen molar-refractivity contribution in [2.24, 2.45) is 11.8 Å². The molecule has 0 amide bonds. The Balaban J connectivity index is 2.72. The number of nitrogens with zero attached hydrogens (tertiary/aromatic N) is 1. The van der Waals surface area contributed by atoms with Gasteiger partial charge in [0.05, 0.1) is 0 Å². The lowest BCUT2D eigenvalue weighted by Gasteiger charge is -2.51. The highest BCUT2D eigenvalue weighted by molar-refractivity contribution is 4.98. The lowest BCUT2D eigenvalue weighted by molar-refractivity contribution is 0.0192. The van der Waals surface area contributed by atoms with Crippen LogP contribution in [-0.2, 0) is 0 Å². The molecule has 0 radical (unpaired) electrons. The van der Waals surface area contributed by atoms with Gasteiger partial charge in [-0.2, -0.15) is 0 Å². The van der Waals surface area contributed by atoms with Gasteiger partial charge in [-0.25, -0.2) is 0 Å². The zero-order chi connectivity index (χ0) is 13.8. The second-order valence-electron chi connectivity index (χ2n) is 6.79. The van der Waals surface area contributed by atoms with Crippen molar-refractivity contribution in [2.75, 3.05) is 19.6 Å². The number of rotatable bonds is 6. The Morgan fingerprint density at radius 2 is 1.78 bits per heavy atom. The average molecular weight is 254 g/mol. The van der Waals surface area contributed by atoms with Gasteiger partial charge in [-0.15, -0.1) is 0 Å². The predicted molar refractivity (Wildman–Crippen MR) is 81.0 cm³/mol. The largest absolute Gasteiger partial charge is 0.311 e. The third-order valence-electron chi connectivity index (χ3n) is 4.88. The van der Waals surface area contributed by atoms with E-state index in [9.17, 15) is 0 Å². The molecule has 1 N–H and O–H groups in total. The molecular weight excluding hydrogens is 220 g/mol. The summed E-state index contributed by atoms with van der Waals surface area (Å²) in [6.45, 7) is 17.7. The molecule has 108 valence electrons. The SMILES string of the molecule is CCC1(CC)CNC(C(C)C)CN1CCC(C)C. The van der Waals surface area contributed by atoms with Gasteiger partial charge in [-0.05, 0) is 37.6 Å². The first kappa shape index (κ1) is 16.0. The Hall–Kier alpha value is -0.0800. The summed E-state index contributed by atoms with van der Waals surface area (Å²) in [5, 5.41) is 3.79. The second kappa shape index (κ2) is 6.91. The summed E-state index contributed by atoms with van der Waals surface area (Å²) in [6.07, 6.45) is 3.85. The van der Waals surface area contributed by atoms with Crippen molar-refractivity contribution in [2.45, 2.75) is 72.4 Å². The number of piperazine rings is 1. The molecule has 1 aliphatic rings. The van der Waals surface area contributed by atoms with E-state index in [4.69, 9.17) is 0 Å². The average Bonchev–Trinajstić information content (AvgIpc) is 2.35. The van der Waals surface area contributed by atoms with Crippen molar-refractivity contribution < 1.29 is 0 Å². The quantitative estimate of drug-likeness (QED) is 0.780. The second-order valence-corrected chi connectivity index (χ2v) is 6.79. The number of hydrogen-bond donors (Lipinski definition) is 1. The third-order valence-corrected chi connectivity index (χ3v) is 4.88. The summed E-state index contributed by atoms with van der Waals surface area (Å²) in [6, 6.07) is 0.670. The van der Waals surface area contributed by atoms with Gasteiger partial charge in [0.25, 0.3) is 0 Å². The molecule has 0 aromatic rings. The van der Waals surface area contributed by atoms with Crippen molar-refractivity contribution in [3.8, 4) is 0 Å². The molecule has 1 aliphatic heterocycles. The van der Waals surface area contributed by atoms with Crippen LogP contribution in [0.3, 0.4) is 0 Å². The molecule has 0 aliphatic carbocycles. The Morgan fingerprint density at radius 1 is 1.17 bits per heavy atom. The predicted octanol–water partition coefficient (Wildman–Crippen LogP) is 3.52. The molecule has 1 rings (SSSR count). The minimum absolute atomic E-state index is 0.403. The van der Waals surface area contributed by atoms with Crippen LogP contribution >= 0.6 is 0 Å². The van der Waals surface area contributed by atoms with Gasteiger partial charge in [-0.1, -0.05) is 41.5 Å². The molecule has 0 bridgehead atoms. The minimum atomic E-state index is 0.403. The smallest absolute Gasteiger partial charge is 0.0329 e. The van der Waals surface area contributed by atoms with Gasteiger partial charge < -0.3 is 5.32 Å². The van der Waals surface area contributed by atoms with Crippen LogP contribution in [-0.4, -0.2) is 36.1 Å². The monoisotopic (exact) mass is 254 g/mol. The fourth-order valence-corrected chi connectivity index (χ4v) is 3.06. The standard InChI is InChI=1S/C16H34N2/c1-7-16(8-2)12-17-15(14(5)6)11-18(16)10-9-13(3)4/h13-15,17H,7-12H2,1-6H3. The van der Waals surface area contributed by atoms with E-state index in [1.54, 1.807) is 0 Å². The fraction of sp³-hybridized carbons (Fsp3) is 1.00. The molecule has 0 aromatic carbocycles. The van der Waals surface area contributed by atoms with E-state index in [-0.39, 0.29) is 0 Å². The molecular formula is C16H34N2. The lowest BCUT2D eigenvalue weighted by Crippen LogP contribution is -2.65. The number of nitrogens with one attached hydrogen (secondary N) is 1. The van der Waals surface area contributed by atoms with E-state index >= 15 is 0 Å². The zero-order valence-electron chi connectivity index (χ0n) is 13.4. The van der Waals surface area contributed by atoms with Crippen molar-refractivity contribution in [1.82, 2.24) is 10.2 Å².